The molecule has 0 spiro atoms. The third-order valence-corrected chi connectivity index (χ3v) is 5.03. The molecule has 100 valence electrons. The van der Waals surface area contributed by atoms with Gasteiger partial charge in [0.2, 0.25) is 0 Å². The molecule has 3 aromatic carbocycles. The molecule has 2 aliphatic carbocycles. The van der Waals surface area contributed by atoms with Crippen LogP contribution in [0.2, 0.25) is 0 Å². The number of rotatable bonds is 0. The van der Waals surface area contributed by atoms with E-state index in [4.69, 9.17) is 0 Å². The van der Waals surface area contributed by atoms with Gasteiger partial charge in [-0.05, 0) is 75.9 Å². The summed E-state index contributed by atoms with van der Waals surface area (Å²) in [7, 11) is 0. The van der Waals surface area contributed by atoms with Crippen molar-refractivity contribution in [3.05, 3.63) is 82.4 Å². The zero-order valence-electron chi connectivity index (χ0n) is 12.1. The normalized spacial score (nSPS) is 13.6. The van der Waals surface area contributed by atoms with E-state index in [1.54, 1.807) is 0 Å². The highest BCUT2D eigenvalue weighted by Gasteiger charge is 2.25. The summed E-state index contributed by atoms with van der Waals surface area (Å²) in [5.74, 6) is 0. The van der Waals surface area contributed by atoms with E-state index in [-0.39, 0.29) is 0 Å². The Morgan fingerprint density at radius 2 is 1.38 bits per heavy atom. The van der Waals surface area contributed by atoms with Gasteiger partial charge in [0.25, 0.3) is 0 Å². The van der Waals surface area contributed by atoms with Crippen molar-refractivity contribution in [1.29, 1.82) is 0 Å². The van der Waals surface area contributed by atoms with E-state index in [0.717, 1.165) is 12.8 Å². The van der Waals surface area contributed by atoms with Crippen LogP contribution in [-0.2, 0) is 12.8 Å². The van der Waals surface area contributed by atoms with Gasteiger partial charge >= 0.3 is 0 Å². The molecule has 0 radical (unpaired) electrons. The Morgan fingerprint density at radius 3 is 2.33 bits per heavy atom. The summed E-state index contributed by atoms with van der Waals surface area (Å²) in [4.78, 5) is 0. The third kappa shape index (κ3) is 1.45. The monoisotopic (exact) mass is 268 g/mol. The van der Waals surface area contributed by atoms with Crippen LogP contribution in [0.5, 0.6) is 0 Å². The van der Waals surface area contributed by atoms with Crippen molar-refractivity contribution in [3.8, 4) is 22.3 Å². The summed E-state index contributed by atoms with van der Waals surface area (Å²) < 4.78 is 0. The van der Waals surface area contributed by atoms with Crippen molar-refractivity contribution in [1.82, 2.24) is 0 Å². The topological polar surface area (TPSA) is 0 Å². The summed E-state index contributed by atoms with van der Waals surface area (Å²) in [6.45, 7) is 2.23. The molecule has 0 aliphatic heterocycles. The first-order chi connectivity index (χ1) is 10.3. The van der Waals surface area contributed by atoms with E-state index >= 15 is 0 Å². The van der Waals surface area contributed by atoms with E-state index in [1.807, 2.05) is 0 Å². The maximum absolute atomic E-state index is 2.45. The summed E-state index contributed by atoms with van der Waals surface area (Å²) >= 11 is 0. The summed E-state index contributed by atoms with van der Waals surface area (Å²) in [5.41, 5.74) is 13.2. The summed E-state index contributed by atoms with van der Waals surface area (Å²) in [6.07, 6.45) is 2.18. The fraction of sp³-hybridized carbons (Fsp3) is 0.143. The van der Waals surface area contributed by atoms with Crippen LogP contribution >= 0.6 is 0 Å². The fourth-order valence-electron chi connectivity index (χ4n) is 4.08. The Balaban J connectivity index is 1.80. The van der Waals surface area contributed by atoms with Crippen LogP contribution in [0.25, 0.3) is 22.3 Å². The summed E-state index contributed by atoms with van der Waals surface area (Å²) in [5, 5.41) is 0. The number of hydrogen-bond acceptors (Lipinski definition) is 0. The maximum Gasteiger partial charge on any atom is -0.00132 e. The number of aryl methyl sites for hydroxylation is 1. The minimum atomic E-state index is 1.09. The second-order valence-electron chi connectivity index (χ2n) is 6.29. The highest BCUT2D eigenvalue weighted by Crippen LogP contribution is 2.45. The molecule has 0 unspecified atom stereocenters. The lowest BCUT2D eigenvalue weighted by atomic mass is 9.96. The van der Waals surface area contributed by atoms with Gasteiger partial charge in [-0.25, -0.2) is 0 Å². The van der Waals surface area contributed by atoms with Crippen LogP contribution in [0.3, 0.4) is 0 Å². The average Bonchev–Trinajstić information content (AvgIpc) is 3.02. The summed E-state index contributed by atoms with van der Waals surface area (Å²) in [6, 6.07) is 20.4. The highest BCUT2D eigenvalue weighted by atomic mass is 14.3. The van der Waals surface area contributed by atoms with Gasteiger partial charge in [0.05, 0.1) is 0 Å². The third-order valence-electron chi connectivity index (χ3n) is 5.03. The standard InChI is InChI=1S/C21H16/c1-13-5-4-7-15-10-17-11-16-9-14-6-2-3-8-18(14)19(16)12-20(17)21(13)15/h2-8,11-12H,9-10H2,1H3. The molecule has 0 heterocycles. The zero-order valence-corrected chi connectivity index (χ0v) is 12.1. The van der Waals surface area contributed by atoms with E-state index in [2.05, 4.69) is 61.5 Å². The van der Waals surface area contributed by atoms with E-state index in [0.29, 0.717) is 0 Å². The van der Waals surface area contributed by atoms with E-state index < -0.39 is 0 Å². The zero-order chi connectivity index (χ0) is 14.0. The number of benzene rings is 3. The molecule has 0 saturated heterocycles. The predicted octanol–water partition coefficient (Wildman–Crippen LogP) is 5.14. The minimum absolute atomic E-state index is 1.09. The fourth-order valence-corrected chi connectivity index (χ4v) is 4.08. The molecule has 5 rings (SSSR count). The number of fused-ring (bicyclic) bond motifs is 6. The molecule has 0 saturated carbocycles. The second-order valence-corrected chi connectivity index (χ2v) is 6.29. The van der Waals surface area contributed by atoms with Gasteiger partial charge in [-0.15, -0.1) is 0 Å². The van der Waals surface area contributed by atoms with Crippen molar-refractivity contribution < 1.29 is 0 Å². The molecule has 0 bridgehead atoms. The van der Waals surface area contributed by atoms with Crippen LogP contribution in [0, 0.1) is 6.92 Å². The van der Waals surface area contributed by atoms with Crippen LogP contribution in [-0.4, -0.2) is 0 Å². The van der Waals surface area contributed by atoms with Crippen LogP contribution in [0.1, 0.15) is 27.8 Å². The molecule has 0 amide bonds. The Bertz CT molecular complexity index is 900. The molecule has 0 heteroatoms. The van der Waals surface area contributed by atoms with Gasteiger partial charge in [0.15, 0.2) is 0 Å². The largest absolute Gasteiger partial charge is 0.0619 e. The van der Waals surface area contributed by atoms with Crippen molar-refractivity contribution in [2.45, 2.75) is 19.8 Å². The van der Waals surface area contributed by atoms with Crippen molar-refractivity contribution >= 4 is 0 Å². The van der Waals surface area contributed by atoms with Gasteiger partial charge in [-0.3, -0.25) is 0 Å². The average molecular weight is 268 g/mol. The molecule has 2 aliphatic rings. The Labute approximate surface area is 125 Å². The van der Waals surface area contributed by atoms with Crippen LogP contribution in [0.15, 0.2) is 54.6 Å². The lowest BCUT2D eigenvalue weighted by Gasteiger charge is -2.08. The molecular weight excluding hydrogens is 252 g/mol. The molecule has 0 fully saturated rings. The van der Waals surface area contributed by atoms with Gasteiger partial charge in [-0.1, -0.05) is 48.5 Å². The molecule has 0 atom stereocenters. The van der Waals surface area contributed by atoms with E-state index in [1.165, 1.54) is 50.1 Å². The van der Waals surface area contributed by atoms with Gasteiger partial charge in [-0.2, -0.15) is 0 Å². The molecule has 0 nitrogen and oxygen atoms in total. The molecule has 21 heavy (non-hydrogen) atoms. The van der Waals surface area contributed by atoms with Crippen molar-refractivity contribution in [2.75, 3.05) is 0 Å². The Kier molecular flexibility index (Phi) is 2.08. The first kappa shape index (κ1) is 11.3. The van der Waals surface area contributed by atoms with Crippen LogP contribution < -0.4 is 0 Å². The Morgan fingerprint density at radius 1 is 0.619 bits per heavy atom. The molecule has 3 aromatic rings. The SMILES string of the molecule is Cc1cccc2c1-c1cc3c(cc1C2)Cc1ccccc1-3. The quantitative estimate of drug-likeness (QED) is 0.365. The van der Waals surface area contributed by atoms with Gasteiger partial charge in [0, 0.05) is 0 Å². The Hall–Kier alpha value is -2.34. The molecular formula is C21H16. The number of hydrogen-bond donors (Lipinski definition) is 0. The predicted molar refractivity (Wildman–Crippen MR) is 87.7 cm³/mol. The molecule has 0 N–H and O–H groups in total. The molecule has 0 aromatic heterocycles. The highest BCUT2D eigenvalue weighted by molar-refractivity contribution is 5.87. The van der Waals surface area contributed by atoms with Crippen LogP contribution in [0.4, 0.5) is 0 Å². The second kappa shape index (κ2) is 3.85. The lowest BCUT2D eigenvalue weighted by Crippen LogP contribution is -1.86. The first-order valence-corrected chi connectivity index (χ1v) is 7.64. The minimum Gasteiger partial charge on any atom is -0.0619 e. The first-order valence-electron chi connectivity index (χ1n) is 7.64. The van der Waals surface area contributed by atoms with Gasteiger partial charge < -0.3 is 0 Å². The van der Waals surface area contributed by atoms with Crippen molar-refractivity contribution in [2.24, 2.45) is 0 Å². The smallest absolute Gasteiger partial charge is 0.00132 e. The van der Waals surface area contributed by atoms with Crippen molar-refractivity contribution in [3.63, 3.8) is 0 Å². The van der Waals surface area contributed by atoms with Gasteiger partial charge in [0.1, 0.15) is 0 Å². The van der Waals surface area contributed by atoms with E-state index in [9.17, 15) is 0 Å². The maximum atomic E-state index is 2.45. The lowest BCUT2D eigenvalue weighted by molar-refractivity contribution is 1.21.